The van der Waals surface area contributed by atoms with E-state index in [1.54, 1.807) is 30.9 Å². The van der Waals surface area contributed by atoms with E-state index in [1.165, 1.54) is 20.3 Å². The Morgan fingerprint density at radius 3 is 2.33 bits per heavy atom. The van der Waals surface area contributed by atoms with Crippen molar-refractivity contribution < 1.29 is 32.2 Å². The first kappa shape index (κ1) is 23.8. The van der Waals surface area contributed by atoms with Gasteiger partial charge in [0.1, 0.15) is 17.5 Å². The number of sulfonamides is 1. The summed E-state index contributed by atoms with van der Waals surface area (Å²) in [6.45, 7) is 4.34. The summed E-state index contributed by atoms with van der Waals surface area (Å²) in [6.07, 6.45) is 2.01. The zero-order valence-corrected chi connectivity index (χ0v) is 18.9. The molecule has 1 atom stereocenters. The molecule has 10 heteroatoms. The van der Waals surface area contributed by atoms with Gasteiger partial charge in [0, 0.05) is 19.2 Å². The summed E-state index contributed by atoms with van der Waals surface area (Å²) in [6, 6.07) is 3.76. The monoisotopic (exact) mass is 442 g/mol. The van der Waals surface area contributed by atoms with Crippen LogP contribution in [0, 0.1) is 5.92 Å². The molecule has 0 bridgehead atoms. The first-order valence-corrected chi connectivity index (χ1v) is 11.7. The maximum absolute atomic E-state index is 13.1. The zero-order valence-electron chi connectivity index (χ0n) is 18.1. The van der Waals surface area contributed by atoms with Crippen molar-refractivity contribution in [2.75, 3.05) is 44.5 Å². The first-order chi connectivity index (χ1) is 14.1. The Kier molecular flexibility index (Phi) is 7.94. The van der Waals surface area contributed by atoms with Gasteiger partial charge in [-0.05, 0) is 38.8 Å². The average Bonchev–Trinajstić information content (AvgIpc) is 2.72. The molecule has 0 unspecified atom stereocenters. The summed E-state index contributed by atoms with van der Waals surface area (Å²) >= 11 is 0. The minimum atomic E-state index is -3.81. The molecule has 1 amide bonds. The first-order valence-electron chi connectivity index (χ1n) is 9.80. The van der Waals surface area contributed by atoms with Crippen LogP contribution in [0.3, 0.4) is 0 Å². The lowest BCUT2D eigenvalue weighted by molar-refractivity contribution is -0.151. The molecule has 1 aromatic carbocycles. The van der Waals surface area contributed by atoms with Crippen LogP contribution >= 0.6 is 0 Å². The number of nitrogens with zero attached hydrogens (tertiary/aromatic N) is 2. The number of ether oxygens (including phenoxy) is 3. The number of amides is 1. The third-order valence-electron chi connectivity index (χ3n) is 5.12. The lowest BCUT2D eigenvalue weighted by Gasteiger charge is -2.36. The van der Waals surface area contributed by atoms with Gasteiger partial charge in [0.25, 0.3) is 0 Å². The molecule has 0 N–H and O–H groups in total. The highest BCUT2D eigenvalue weighted by molar-refractivity contribution is 7.92. The van der Waals surface area contributed by atoms with E-state index in [9.17, 15) is 18.0 Å². The highest BCUT2D eigenvalue weighted by Gasteiger charge is 2.36. The van der Waals surface area contributed by atoms with Crippen molar-refractivity contribution in [2.45, 2.75) is 32.7 Å². The molecule has 1 aliphatic rings. The van der Waals surface area contributed by atoms with Crippen molar-refractivity contribution in [3.05, 3.63) is 18.2 Å². The standard InChI is InChI=1S/C20H30N2O7S/c1-6-29-20(24)15-9-11-21(12-10-15)19(23)14(2)22(30(5,25)26)17-13-16(27-3)7-8-18(17)28-4/h7-8,13-15H,6,9-12H2,1-5H3/t14-/m1/s1. The number of likely N-dealkylation sites (tertiary alicyclic amines) is 1. The van der Waals surface area contributed by atoms with Crippen molar-refractivity contribution in [1.82, 2.24) is 4.90 Å². The van der Waals surface area contributed by atoms with E-state index in [0.717, 1.165) is 10.6 Å². The summed E-state index contributed by atoms with van der Waals surface area (Å²) in [4.78, 5) is 26.7. The quantitative estimate of drug-likeness (QED) is 0.564. The maximum Gasteiger partial charge on any atom is 0.309 e. The van der Waals surface area contributed by atoms with Gasteiger partial charge < -0.3 is 19.1 Å². The smallest absolute Gasteiger partial charge is 0.309 e. The van der Waals surface area contributed by atoms with E-state index in [2.05, 4.69) is 0 Å². The van der Waals surface area contributed by atoms with Crippen LogP contribution in [0.1, 0.15) is 26.7 Å². The fourth-order valence-electron chi connectivity index (χ4n) is 3.60. The SMILES string of the molecule is CCOC(=O)C1CCN(C(=O)[C@@H](C)N(c2cc(OC)ccc2OC)S(C)(=O)=O)CC1. The lowest BCUT2D eigenvalue weighted by atomic mass is 9.96. The topological polar surface area (TPSA) is 102 Å². The number of esters is 1. The molecule has 0 aromatic heterocycles. The molecule has 30 heavy (non-hydrogen) atoms. The number of hydrogen-bond donors (Lipinski definition) is 0. The van der Waals surface area contributed by atoms with Crippen LogP contribution in [0.4, 0.5) is 5.69 Å². The third-order valence-corrected chi connectivity index (χ3v) is 6.34. The van der Waals surface area contributed by atoms with E-state index in [0.29, 0.717) is 44.0 Å². The van der Waals surface area contributed by atoms with Crippen molar-refractivity contribution in [3.8, 4) is 11.5 Å². The van der Waals surface area contributed by atoms with Crippen LogP contribution in [-0.2, 0) is 24.3 Å². The van der Waals surface area contributed by atoms with Gasteiger partial charge in [-0.15, -0.1) is 0 Å². The number of anilines is 1. The van der Waals surface area contributed by atoms with Crippen LogP contribution in [-0.4, -0.2) is 71.4 Å². The van der Waals surface area contributed by atoms with Crippen molar-refractivity contribution in [2.24, 2.45) is 5.92 Å². The Labute approximate surface area is 177 Å². The van der Waals surface area contributed by atoms with Crippen LogP contribution in [0.25, 0.3) is 0 Å². The Bertz CT molecular complexity index is 864. The number of piperidine rings is 1. The van der Waals surface area contributed by atoms with E-state index in [-0.39, 0.29) is 23.5 Å². The highest BCUT2D eigenvalue weighted by atomic mass is 32.2. The number of hydrogen-bond acceptors (Lipinski definition) is 7. The van der Waals surface area contributed by atoms with Gasteiger partial charge in [-0.3, -0.25) is 13.9 Å². The molecular weight excluding hydrogens is 412 g/mol. The van der Waals surface area contributed by atoms with Gasteiger partial charge in [-0.1, -0.05) is 0 Å². The second-order valence-corrected chi connectivity index (χ2v) is 8.98. The maximum atomic E-state index is 13.1. The molecule has 2 rings (SSSR count). The molecule has 1 aromatic rings. The van der Waals surface area contributed by atoms with Gasteiger partial charge >= 0.3 is 5.97 Å². The molecular formula is C20H30N2O7S. The van der Waals surface area contributed by atoms with E-state index >= 15 is 0 Å². The fourth-order valence-corrected chi connectivity index (χ4v) is 4.77. The van der Waals surface area contributed by atoms with Crippen molar-refractivity contribution >= 4 is 27.6 Å². The number of benzene rings is 1. The molecule has 1 fully saturated rings. The Morgan fingerprint density at radius 1 is 1.20 bits per heavy atom. The molecule has 0 aliphatic carbocycles. The van der Waals surface area contributed by atoms with E-state index in [4.69, 9.17) is 14.2 Å². The Morgan fingerprint density at radius 2 is 1.83 bits per heavy atom. The fraction of sp³-hybridized carbons (Fsp3) is 0.600. The number of rotatable bonds is 8. The molecule has 0 saturated carbocycles. The van der Waals surface area contributed by atoms with E-state index in [1.807, 2.05) is 0 Å². The Balaban J connectivity index is 2.26. The second kappa shape index (κ2) is 10.0. The molecule has 0 radical (unpaired) electrons. The van der Waals surface area contributed by atoms with E-state index < -0.39 is 16.1 Å². The summed E-state index contributed by atoms with van der Waals surface area (Å²) in [5.41, 5.74) is 0.224. The molecule has 0 spiro atoms. The second-order valence-electron chi connectivity index (χ2n) is 7.12. The van der Waals surface area contributed by atoms with Crippen molar-refractivity contribution in [1.29, 1.82) is 0 Å². The lowest BCUT2D eigenvalue weighted by Crippen LogP contribution is -2.51. The van der Waals surface area contributed by atoms with Crippen LogP contribution in [0.2, 0.25) is 0 Å². The normalized spacial score (nSPS) is 16.0. The molecule has 1 saturated heterocycles. The van der Waals surface area contributed by atoms with Crippen molar-refractivity contribution in [3.63, 3.8) is 0 Å². The van der Waals surface area contributed by atoms with Gasteiger partial charge in [0.05, 0.1) is 38.7 Å². The van der Waals surface area contributed by atoms with Crippen LogP contribution in [0.5, 0.6) is 11.5 Å². The predicted octanol–water partition coefficient (Wildman–Crippen LogP) is 1.66. The number of carbonyl (C=O) groups is 2. The summed E-state index contributed by atoms with van der Waals surface area (Å²) in [5, 5.41) is 0. The zero-order chi connectivity index (χ0) is 22.5. The van der Waals surface area contributed by atoms with Crippen LogP contribution in [0.15, 0.2) is 18.2 Å². The molecule has 1 aliphatic heterocycles. The number of carbonyl (C=O) groups excluding carboxylic acids is 2. The largest absolute Gasteiger partial charge is 0.497 e. The minimum absolute atomic E-state index is 0.224. The molecule has 168 valence electrons. The van der Waals surface area contributed by atoms with Gasteiger partial charge in [0.2, 0.25) is 15.9 Å². The minimum Gasteiger partial charge on any atom is -0.497 e. The van der Waals surface area contributed by atoms with Gasteiger partial charge in [-0.25, -0.2) is 8.42 Å². The third kappa shape index (κ3) is 5.35. The predicted molar refractivity (Wildman–Crippen MR) is 112 cm³/mol. The summed E-state index contributed by atoms with van der Waals surface area (Å²) in [7, 11) is -0.914. The highest BCUT2D eigenvalue weighted by Crippen LogP contribution is 2.35. The van der Waals surface area contributed by atoms with Crippen LogP contribution < -0.4 is 13.8 Å². The average molecular weight is 443 g/mol. The Hall–Kier alpha value is -2.49. The van der Waals surface area contributed by atoms with Gasteiger partial charge in [-0.2, -0.15) is 0 Å². The molecule has 9 nitrogen and oxygen atoms in total. The number of methoxy groups -OCH3 is 2. The molecule has 1 heterocycles. The summed E-state index contributed by atoms with van der Waals surface area (Å²) in [5.74, 6) is -0.0887. The summed E-state index contributed by atoms with van der Waals surface area (Å²) < 4.78 is 41.9. The van der Waals surface area contributed by atoms with Gasteiger partial charge in [0.15, 0.2) is 0 Å².